The van der Waals surface area contributed by atoms with Crippen molar-refractivity contribution in [2.45, 2.75) is 31.3 Å². The lowest BCUT2D eigenvalue weighted by molar-refractivity contribution is -0.0186. The highest BCUT2D eigenvalue weighted by atomic mass is 16.5. The SMILES string of the molecule is COc1cncc(C2(O)CC3CCC2C3)c1. The number of hydrogen-bond donors (Lipinski definition) is 1. The topological polar surface area (TPSA) is 42.4 Å². The van der Waals surface area contributed by atoms with Gasteiger partial charge in [0.15, 0.2) is 0 Å². The van der Waals surface area contributed by atoms with Gasteiger partial charge in [-0.1, -0.05) is 0 Å². The Bertz CT molecular complexity index is 407. The van der Waals surface area contributed by atoms with Gasteiger partial charge < -0.3 is 9.84 Å². The molecule has 3 heteroatoms. The minimum absolute atomic E-state index is 0.423. The van der Waals surface area contributed by atoms with Crippen LogP contribution in [0.15, 0.2) is 18.5 Å². The average Bonchev–Trinajstić information content (AvgIpc) is 2.89. The summed E-state index contributed by atoms with van der Waals surface area (Å²) in [7, 11) is 1.63. The molecular weight excluding hydrogens is 202 g/mol. The third kappa shape index (κ3) is 1.34. The molecule has 0 saturated heterocycles. The first-order chi connectivity index (χ1) is 7.72. The minimum Gasteiger partial charge on any atom is -0.495 e. The second kappa shape index (κ2) is 3.45. The Balaban J connectivity index is 1.96. The van der Waals surface area contributed by atoms with Gasteiger partial charge in [0.05, 0.1) is 18.9 Å². The molecule has 1 aromatic heterocycles. The van der Waals surface area contributed by atoms with E-state index in [1.54, 1.807) is 19.5 Å². The molecule has 3 nitrogen and oxygen atoms in total. The zero-order chi connectivity index (χ0) is 11.2. The fourth-order valence-electron chi connectivity index (χ4n) is 3.42. The maximum Gasteiger partial charge on any atom is 0.137 e. The number of rotatable bonds is 2. The van der Waals surface area contributed by atoms with Crippen LogP contribution in [0.5, 0.6) is 5.75 Å². The van der Waals surface area contributed by atoms with Crippen LogP contribution < -0.4 is 4.74 Å². The minimum atomic E-state index is -0.648. The van der Waals surface area contributed by atoms with Gasteiger partial charge >= 0.3 is 0 Å². The monoisotopic (exact) mass is 219 g/mol. The van der Waals surface area contributed by atoms with Crippen molar-refractivity contribution in [3.8, 4) is 5.75 Å². The van der Waals surface area contributed by atoms with Gasteiger partial charge in [-0.2, -0.15) is 0 Å². The third-order valence-corrected chi connectivity index (χ3v) is 4.27. The van der Waals surface area contributed by atoms with E-state index in [9.17, 15) is 5.11 Å². The van der Waals surface area contributed by atoms with Crippen molar-refractivity contribution >= 4 is 0 Å². The van der Waals surface area contributed by atoms with Gasteiger partial charge in [-0.15, -0.1) is 0 Å². The number of hydrogen-bond acceptors (Lipinski definition) is 3. The van der Waals surface area contributed by atoms with E-state index in [2.05, 4.69) is 4.98 Å². The summed E-state index contributed by atoms with van der Waals surface area (Å²) in [6.07, 6.45) is 7.96. The summed E-state index contributed by atoms with van der Waals surface area (Å²) in [6.45, 7) is 0. The van der Waals surface area contributed by atoms with E-state index < -0.39 is 5.60 Å². The molecule has 0 spiro atoms. The molecule has 0 aliphatic heterocycles. The van der Waals surface area contributed by atoms with Crippen LogP contribution in [-0.4, -0.2) is 17.2 Å². The van der Waals surface area contributed by atoms with Crippen molar-refractivity contribution in [3.05, 3.63) is 24.0 Å². The molecule has 3 unspecified atom stereocenters. The van der Waals surface area contributed by atoms with E-state index in [0.29, 0.717) is 11.8 Å². The van der Waals surface area contributed by atoms with Crippen LogP contribution in [-0.2, 0) is 5.60 Å². The first-order valence-electron chi connectivity index (χ1n) is 5.94. The zero-order valence-electron chi connectivity index (χ0n) is 9.52. The molecule has 2 fully saturated rings. The summed E-state index contributed by atoms with van der Waals surface area (Å²) in [6, 6.07) is 1.92. The molecule has 86 valence electrons. The Morgan fingerprint density at radius 1 is 1.44 bits per heavy atom. The van der Waals surface area contributed by atoms with E-state index in [1.807, 2.05) is 6.07 Å². The summed E-state index contributed by atoms with van der Waals surface area (Å²) >= 11 is 0. The highest BCUT2D eigenvalue weighted by molar-refractivity contribution is 5.30. The number of aromatic nitrogens is 1. The van der Waals surface area contributed by atoms with Crippen molar-refractivity contribution in [2.24, 2.45) is 11.8 Å². The number of fused-ring (bicyclic) bond motifs is 2. The maximum atomic E-state index is 10.8. The normalized spacial score (nSPS) is 36.6. The first-order valence-corrected chi connectivity index (χ1v) is 5.94. The van der Waals surface area contributed by atoms with E-state index in [0.717, 1.165) is 24.2 Å². The highest BCUT2D eigenvalue weighted by Gasteiger charge is 2.51. The van der Waals surface area contributed by atoms with Crippen molar-refractivity contribution < 1.29 is 9.84 Å². The lowest BCUT2D eigenvalue weighted by Crippen LogP contribution is -2.32. The fourth-order valence-corrected chi connectivity index (χ4v) is 3.42. The van der Waals surface area contributed by atoms with Gasteiger partial charge in [0.2, 0.25) is 0 Å². The molecule has 16 heavy (non-hydrogen) atoms. The summed E-state index contributed by atoms with van der Waals surface area (Å²) in [5, 5.41) is 10.8. The fraction of sp³-hybridized carbons (Fsp3) is 0.615. The van der Waals surface area contributed by atoms with E-state index >= 15 is 0 Å². The van der Waals surface area contributed by atoms with Gasteiger partial charge in [0.1, 0.15) is 5.75 Å². The van der Waals surface area contributed by atoms with E-state index in [-0.39, 0.29) is 0 Å². The zero-order valence-corrected chi connectivity index (χ0v) is 9.52. The summed E-state index contributed by atoms with van der Waals surface area (Å²) in [5.41, 5.74) is 0.281. The molecule has 0 aromatic carbocycles. The third-order valence-electron chi connectivity index (χ3n) is 4.27. The number of aliphatic hydroxyl groups is 1. The Morgan fingerprint density at radius 3 is 2.94 bits per heavy atom. The lowest BCUT2D eigenvalue weighted by Gasteiger charge is -2.32. The molecule has 1 N–H and O–H groups in total. The Labute approximate surface area is 95.5 Å². The Morgan fingerprint density at radius 2 is 2.31 bits per heavy atom. The van der Waals surface area contributed by atoms with Crippen molar-refractivity contribution in [3.63, 3.8) is 0 Å². The molecule has 1 aromatic rings. The van der Waals surface area contributed by atoms with Gasteiger partial charge in [0, 0.05) is 11.8 Å². The van der Waals surface area contributed by atoms with Crippen molar-refractivity contribution in [1.82, 2.24) is 4.98 Å². The number of pyridine rings is 1. The average molecular weight is 219 g/mol. The van der Waals surface area contributed by atoms with Crippen LogP contribution in [0.3, 0.4) is 0 Å². The summed E-state index contributed by atoms with van der Waals surface area (Å²) < 4.78 is 5.17. The second-order valence-electron chi connectivity index (χ2n) is 5.12. The van der Waals surface area contributed by atoms with E-state index in [1.165, 1.54) is 12.8 Å². The van der Waals surface area contributed by atoms with E-state index in [4.69, 9.17) is 4.74 Å². The molecule has 3 atom stereocenters. The molecule has 3 rings (SSSR count). The molecule has 2 aliphatic rings. The summed E-state index contributed by atoms with van der Waals surface area (Å²) in [4.78, 5) is 4.14. The molecule has 2 saturated carbocycles. The molecule has 1 heterocycles. The number of methoxy groups -OCH3 is 1. The molecule has 0 radical (unpaired) electrons. The highest BCUT2D eigenvalue weighted by Crippen LogP contribution is 2.55. The molecule has 2 bridgehead atoms. The Hall–Kier alpha value is -1.09. The van der Waals surface area contributed by atoms with Crippen molar-refractivity contribution in [2.75, 3.05) is 7.11 Å². The van der Waals surface area contributed by atoms with Crippen LogP contribution in [0.1, 0.15) is 31.2 Å². The second-order valence-corrected chi connectivity index (χ2v) is 5.12. The summed E-state index contributed by atoms with van der Waals surface area (Å²) in [5.74, 6) is 1.86. The predicted molar refractivity (Wildman–Crippen MR) is 60.1 cm³/mol. The van der Waals surface area contributed by atoms with Gasteiger partial charge in [-0.25, -0.2) is 0 Å². The smallest absolute Gasteiger partial charge is 0.137 e. The van der Waals surface area contributed by atoms with Crippen LogP contribution in [0, 0.1) is 11.8 Å². The number of ether oxygens (including phenoxy) is 1. The maximum absolute atomic E-state index is 10.8. The molecule has 0 amide bonds. The van der Waals surface area contributed by atoms with Gasteiger partial charge in [-0.05, 0) is 43.6 Å². The van der Waals surface area contributed by atoms with Crippen LogP contribution in [0.2, 0.25) is 0 Å². The Kier molecular flexibility index (Phi) is 2.18. The van der Waals surface area contributed by atoms with Gasteiger partial charge in [0.25, 0.3) is 0 Å². The van der Waals surface area contributed by atoms with Crippen LogP contribution in [0.25, 0.3) is 0 Å². The van der Waals surface area contributed by atoms with Crippen LogP contribution in [0.4, 0.5) is 0 Å². The molecule has 2 aliphatic carbocycles. The number of nitrogens with zero attached hydrogens (tertiary/aromatic N) is 1. The largest absolute Gasteiger partial charge is 0.495 e. The predicted octanol–water partition coefficient (Wildman–Crippen LogP) is 2.10. The lowest BCUT2D eigenvalue weighted by atomic mass is 9.79. The standard InChI is InChI=1S/C13H17NO2/c1-16-12-5-11(7-14-8-12)13(15)6-9-2-3-10(13)4-9/h5,7-10,15H,2-4,6H2,1H3. The van der Waals surface area contributed by atoms with Crippen LogP contribution >= 0.6 is 0 Å². The van der Waals surface area contributed by atoms with Gasteiger partial charge in [-0.3, -0.25) is 4.98 Å². The molecular formula is C13H17NO2. The quantitative estimate of drug-likeness (QED) is 0.828. The first kappa shape index (κ1) is 10.1. The van der Waals surface area contributed by atoms with Crippen molar-refractivity contribution in [1.29, 1.82) is 0 Å².